The van der Waals surface area contributed by atoms with E-state index in [4.69, 9.17) is 21.7 Å². The number of hydrogen-bond acceptors (Lipinski definition) is 6. The Morgan fingerprint density at radius 3 is 2.46 bits per heavy atom. The Morgan fingerprint density at radius 2 is 1.71 bits per heavy atom. The topological polar surface area (TPSA) is 79.8 Å². The Hall–Kier alpha value is -3.40. The zero-order valence-corrected chi connectivity index (χ0v) is 20.1. The first-order chi connectivity index (χ1) is 17.0. The number of rotatable bonds is 7. The first-order valence-electron chi connectivity index (χ1n) is 11.8. The van der Waals surface area contributed by atoms with Gasteiger partial charge in [-0.05, 0) is 55.4 Å². The standard InChI is InChI=1S/C25H27FN4O4S/c26-17-5-7-18(8-6-17)28-10-12-29(13-11-28)23(31)4-2-1-3-9-30-24(32)19-14-21-22(34-16-33-21)15-20(19)27-25(30)35/h5-8,14-15H,1-4,9-13,16H2,(H,27,35). The van der Waals surface area contributed by atoms with Gasteiger partial charge in [0.1, 0.15) is 5.82 Å². The van der Waals surface area contributed by atoms with Crippen molar-refractivity contribution in [3.63, 3.8) is 0 Å². The number of H-pyrrole nitrogens is 1. The van der Waals surface area contributed by atoms with Crippen molar-refractivity contribution in [1.82, 2.24) is 14.5 Å². The molecule has 1 fully saturated rings. The van der Waals surface area contributed by atoms with Gasteiger partial charge in [0.15, 0.2) is 16.3 Å². The Labute approximate surface area is 206 Å². The fraction of sp³-hybridized carbons (Fsp3) is 0.400. The molecule has 8 nitrogen and oxygen atoms in total. The van der Waals surface area contributed by atoms with Crippen molar-refractivity contribution in [2.75, 3.05) is 37.9 Å². The van der Waals surface area contributed by atoms with E-state index in [0.29, 0.717) is 53.2 Å². The van der Waals surface area contributed by atoms with Crippen LogP contribution in [-0.2, 0) is 11.3 Å². The smallest absolute Gasteiger partial charge is 0.262 e. The number of aromatic amines is 1. The normalized spacial score (nSPS) is 15.1. The van der Waals surface area contributed by atoms with Crippen LogP contribution in [0.4, 0.5) is 10.1 Å². The molecule has 2 aromatic carbocycles. The highest BCUT2D eigenvalue weighted by molar-refractivity contribution is 7.71. The van der Waals surface area contributed by atoms with E-state index in [2.05, 4.69) is 9.88 Å². The average molecular weight is 499 g/mol. The lowest BCUT2D eigenvalue weighted by atomic mass is 10.1. The molecule has 1 aromatic heterocycles. The number of halogens is 1. The molecule has 0 atom stereocenters. The number of aromatic nitrogens is 2. The third-order valence-electron chi connectivity index (χ3n) is 6.57. The molecule has 0 aliphatic carbocycles. The van der Waals surface area contributed by atoms with E-state index in [1.165, 1.54) is 12.1 Å². The quantitative estimate of drug-likeness (QED) is 0.394. The predicted octanol–water partition coefficient (Wildman–Crippen LogP) is 3.84. The van der Waals surface area contributed by atoms with Crippen molar-refractivity contribution < 1.29 is 18.7 Å². The summed E-state index contributed by atoms with van der Waals surface area (Å²) in [5.74, 6) is 1.06. The van der Waals surface area contributed by atoms with Crippen molar-refractivity contribution >= 4 is 34.7 Å². The number of hydrogen-bond donors (Lipinski definition) is 1. The van der Waals surface area contributed by atoms with Crippen molar-refractivity contribution in [1.29, 1.82) is 0 Å². The summed E-state index contributed by atoms with van der Waals surface area (Å²) in [6.07, 6.45) is 2.81. The second kappa shape index (κ2) is 10.1. The van der Waals surface area contributed by atoms with Crippen molar-refractivity contribution in [3.8, 4) is 11.5 Å². The average Bonchev–Trinajstić information content (AvgIpc) is 3.32. The lowest BCUT2D eigenvalue weighted by Crippen LogP contribution is -2.48. The second-order valence-corrected chi connectivity index (χ2v) is 9.18. The molecule has 2 aliphatic rings. The van der Waals surface area contributed by atoms with Crippen LogP contribution < -0.4 is 19.9 Å². The summed E-state index contributed by atoms with van der Waals surface area (Å²) in [6.45, 7) is 3.43. The molecule has 2 aliphatic heterocycles. The number of piperazine rings is 1. The minimum Gasteiger partial charge on any atom is -0.454 e. The van der Waals surface area contributed by atoms with Gasteiger partial charge in [-0.2, -0.15) is 0 Å². The SMILES string of the molecule is O=C(CCCCCn1c(=S)[nH]c2cc3c(cc2c1=O)OCO3)N1CCN(c2ccc(F)cc2)CC1. The predicted molar refractivity (Wildman–Crippen MR) is 133 cm³/mol. The largest absolute Gasteiger partial charge is 0.454 e. The van der Waals surface area contributed by atoms with Gasteiger partial charge >= 0.3 is 0 Å². The van der Waals surface area contributed by atoms with Crippen LogP contribution in [0, 0.1) is 10.6 Å². The third kappa shape index (κ3) is 5.02. The molecule has 10 heteroatoms. The fourth-order valence-electron chi connectivity index (χ4n) is 4.59. The molecule has 3 heterocycles. The highest BCUT2D eigenvalue weighted by Gasteiger charge is 2.21. The molecule has 1 N–H and O–H groups in total. The lowest BCUT2D eigenvalue weighted by Gasteiger charge is -2.36. The highest BCUT2D eigenvalue weighted by atomic mass is 32.1. The van der Waals surface area contributed by atoms with E-state index in [1.54, 1.807) is 28.8 Å². The molecule has 0 bridgehead atoms. The molecule has 35 heavy (non-hydrogen) atoms. The van der Waals surface area contributed by atoms with Crippen LogP contribution >= 0.6 is 12.2 Å². The van der Waals surface area contributed by atoms with Crippen molar-refractivity contribution in [3.05, 3.63) is 57.3 Å². The van der Waals surface area contributed by atoms with Crippen LogP contribution in [0.3, 0.4) is 0 Å². The van der Waals surface area contributed by atoms with Gasteiger partial charge in [-0.3, -0.25) is 14.2 Å². The van der Waals surface area contributed by atoms with Crippen LogP contribution in [0.15, 0.2) is 41.2 Å². The summed E-state index contributed by atoms with van der Waals surface area (Å²) in [5, 5.41) is 0.512. The van der Waals surface area contributed by atoms with Crippen molar-refractivity contribution in [2.24, 2.45) is 0 Å². The molecule has 0 unspecified atom stereocenters. The van der Waals surface area contributed by atoms with E-state index in [-0.39, 0.29) is 24.1 Å². The summed E-state index contributed by atoms with van der Waals surface area (Å²) < 4.78 is 25.8. The molecule has 0 spiro atoms. The molecular formula is C25H27FN4O4S. The third-order valence-corrected chi connectivity index (χ3v) is 6.89. The molecule has 184 valence electrons. The zero-order chi connectivity index (χ0) is 24.4. The number of ether oxygens (including phenoxy) is 2. The number of fused-ring (bicyclic) bond motifs is 2. The number of nitrogens with zero attached hydrogens (tertiary/aromatic N) is 3. The summed E-state index contributed by atoms with van der Waals surface area (Å²) in [4.78, 5) is 32.8. The molecule has 1 amide bonds. The molecule has 1 saturated heterocycles. The van der Waals surface area contributed by atoms with Gasteiger partial charge in [-0.1, -0.05) is 6.42 Å². The number of carbonyl (C=O) groups excluding carboxylic acids is 1. The van der Waals surface area contributed by atoms with E-state index in [0.717, 1.165) is 38.0 Å². The number of unbranched alkanes of at least 4 members (excludes halogenated alkanes) is 2. The first-order valence-corrected chi connectivity index (χ1v) is 12.3. The Balaban J connectivity index is 1.09. The van der Waals surface area contributed by atoms with Gasteiger partial charge in [-0.15, -0.1) is 0 Å². The lowest BCUT2D eigenvalue weighted by molar-refractivity contribution is -0.131. The Bertz CT molecular complexity index is 1350. The number of anilines is 1. The summed E-state index contributed by atoms with van der Waals surface area (Å²) >= 11 is 5.40. The fourth-order valence-corrected chi connectivity index (χ4v) is 4.88. The van der Waals surface area contributed by atoms with E-state index in [9.17, 15) is 14.0 Å². The molecular weight excluding hydrogens is 471 g/mol. The Kier molecular flexibility index (Phi) is 6.72. The second-order valence-electron chi connectivity index (χ2n) is 8.79. The zero-order valence-electron chi connectivity index (χ0n) is 19.3. The van der Waals surface area contributed by atoms with Gasteiger partial charge in [0.25, 0.3) is 5.56 Å². The molecule has 0 radical (unpaired) electrons. The molecule has 3 aromatic rings. The van der Waals surface area contributed by atoms with E-state index in [1.807, 2.05) is 4.90 Å². The summed E-state index contributed by atoms with van der Waals surface area (Å²) in [7, 11) is 0. The van der Waals surface area contributed by atoms with Crippen LogP contribution in [0.5, 0.6) is 11.5 Å². The van der Waals surface area contributed by atoms with Gasteiger partial charge in [0.05, 0.1) is 10.9 Å². The minimum absolute atomic E-state index is 0.142. The van der Waals surface area contributed by atoms with Gasteiger partial charge in [-0.25, -0.2) is 4.39 Å². The van der Waals surface area contributed by atoms with Crippen molar-refractivity contribution in [2.45, 2.75) is 32.2 Å². The first kappa shape index (κ1) is 23.3. The van der Waals surface area contributed by atoms with Crippen LogP contribution in [0.2, 0.25) is 0 Å². The summed E-state index contributed by atoms with van der Waals surface area (Å²) in [5.41, 5.74) is 1.45. The monoisotopic (exact) mass is 498 g/mol. The van der Waals surface area contributed by atoms with Gasteiger partial charge in [0.2, 0.25) is 12.7 Å². The van der Waals surface area contributed by atoms with Crippen LogP contribution in [-0.4, -0.2) is 53.3 Å². The highest BCUT2D eigenvalue weighted by Crippen LogP contribution is 2.34. The molecule has 5 rings (SSSR count). The minimum atomic E-state index is -0.247. The van der Waals surface area contributed by atoms with E-state index >= 15 is 0 Å². The number of amides is 1. The number of nitrogens with one attached hydrogen (secondary N) is 1. The number of benzene rings is 2. The van der Waals surface area contributed by atoms with Crippen LogP contribution in [0.25, 0.3) is 10.9 Å². The van der Waals surface area contributed by atoms with E-state index < -0.39 is 0 Å². The Morgan fingerprint density at radius 1 is 1.00 bits per heavy atom. The maximum atomic E-state index is 13.1. The maximum absolute atomic E-state index is 13.1. The van der Waals surface area contributed by atoms with Gasteiger partial charge in [0, 0.05) is 50.9 Å². The molecule has 0 saturated carbocycles. The van der Waals surface area contributed by atoms with Crippen LogP contribution in [0.1, 0.15) is 25.7 Å². The van der Waals surface area contributed by atoms with Gasteiger partial charge < -0.3 is 24.3 Å². The summed E-state index contributed by atoms with van der Waals surface area (Å²) in [6, 6.07) is 9.89. The maximum Gasteiger partial charge on any atom is 0.262 e. The number of carbonyl (C=O) groups is 1.